The molecule has 0 amide bonds. The zero-order chi connectivity index (χ0) is 19.2. The number of hydrogen-bond acceptors (Lipinski definition) is 3. The van der Waals surface area contributed by atoms with Crippen LogP contribution in [0.25, 0.3) is 0 Å². The third-order valence-corrected chi connectivity index (χ3v) is 3.83. The van der Waals surface area contributed by atoms with E-state index in [2.05, 4.69) is 6.58 Å². The number of cyclic esters (lactones) is 1. The molecule has 1 aliphatic heterocycles. The van der Waals surface area contributed by atoms with Crippen molar-refractivity contribution in [3.05, 3.63) is 47.0 Å². The highest BCUT2D eigenvalue weighted by Gasteiger charge is 2.43. The molecule has 9 heteroatoms. The zero-order valence-corrected chi connectivity index (χ0v) is 13.2. The van der Waals surface area contributed by atoms with Crippen LogP contribution in [0.5, 0.6) is 0 Å². The minimum Gasteiger partial charge on any atom is -0.431 e. The molecule has 1 saturated heterocycles. The maximum Gasteiger partial charge on any atom is 0.416 e. The second kappa shape index (κ2) is 6.05. The van der Waals surface area contributed by atoms with E-state index >= 15 is 0 Å². The molecule has 2 rings (SSSR count). The van der Waals surface area contributed by atoms with Crippen LogP contribution in [0.3, 0.4) is 0 Å². The van der Waals surface area contributed by atoms with Crippen LogP contribution in [0.15, 0.2) is 30.4 Å². The molecule has 1 heterocycles. The summed E-state index contributed by atoms with van der Waals surface area (Å²) < 4.78 is 88.1. The number of rotatable bonds is 2. The summed E-state index contributed by atoms with van der Waals surface area (Å²) in [4.78, 5) is 11.6. The third-order valence-electron chi connectivity index (χ3n) is 3.83. The lowest BCUT2D eigenvalue weighted by Crippen LogP contribution is -2.44. The predicted octanol–water partition coefficient (Wildman–Crippen LogP) is 4.46. The Bertz CT molecular complexity index is 671. The van der Waals surface area contributed by atoms with Crippen molar-refractivity contribution in [1.29, 1.82) is 0 Å². The molecule has 138 valence electrons. The molecule has 1 unspecified atom stereocenters. The number of alkyl halides is 6. The standard InChI is InChI=1S/C16H14F6O3/c1-8-7-24-13(25-12(8)23)14(2,3)9-4-10(15(17,18)19)6-11(5-9)16(20,21)22/h4-6,13H,1,7H2,2-3H3. The zero-order valence-electron chi connectivity index (χ0n) is 13.2. The number of hydrogen-bond donors (Lipinski definition) is 0. The van der Waals surface area contributed by atoms with E-state index in [1.807, 2.05) is 0 Å². The maximum absolute atomic E-state index is 13.0. The van der Waals surface area contributed by atoms with Gasteiger partial charge in [-0.15, -0.1) is 0 Å². The molecular formula is C16H14F6O3. The molecule has 0 saturated carbocycles. The Kier molecular flexibility index (Phi) is 4.67. The molecular weight excluding hydrogens is 354 g/mol. The molecule has 1 atom stereocenters. The smallest absolute Gasteiger partial charge is 0.416 e. The first-order valence-corrected chi connectivity index (χ1v) is 7.03. The molecule has 1 aliphatic rings. The fourth-order valence-corrected chi connectivity index (χ4v) is 2.27. The SMILES string of the molecule is C=C1COC(C(C)(C)c2cc(C(F)(F)F)cc(C(F)(F)F)c2)OC1=O. The van der Waals surface area contributed by atoms with Crippen LogP contribution in [0, 0.1) is 0 Å². The lowest BCUT2D eigenvalue weighted by molar-refractivity contribution is -0.201. The number of benzene rings is 1. The largest absolute Gasteiger partial charge is 0.431 e. The second-order valence-corrected chi connectivity index (χ2v) is 6.17. The van der Waals surface area contributed by atoms with Gasteiger partial charge in [-0.3, -0.25) is 0 Å². The molecule has 0 spiro atoms. The van der Waals surface area contributed by atoms with Crippen molar-refractivity contribution >= 4 is 5.97 Å². The van der Waals surface area contributed by atoms with Gasteiger partial charge < -0.3 is 9.47 Å². The van der Waals surface area contributed by atoms with E-state index < -0.39 is 41.2 Å². The first-order chi connectivity index (χ1) is 11.2. The highest BCUT2D eigenvalue weighted by atomic mass is 19.4. The summed E-state index contributed by atoms with van der Waals surface area (Å²) in [7, 11) is 0. The van der Waals surface area contributed by atoms with Gasteiger partial charge in [0, 0.05) is 0 Å². The molecule has 0 N–H and O–H groups in total. The molecule has 0 bridgehead atoms. The minimum atomic E-state index is -4.97. The van der Waals surface area contributed by atoms with Gasteiger partial charge in [-0.05, 0) is 37.6 Å². The minimum absolute atomic E-state index is 0.00655. The molecule has 1 aromatic carbocycles. The lowest BCUT2D eigenvalue weighted by Gasteiger charge is -2.37. The summed E-state index contributed by atoms with van der Waals surface area (Å²) in [5, 5.41) is 0. The summed E-state index contributed by atoms with van der Waals surface area (Å²) in [6.45, 7) is 5.81. The average Bonchev–Trinajstić information content (AvgIpc) is 2.47. The van der Waals surface area contributed by atoms with Crippen molar-refractivity contribution in [3.8, 4) is 0 Å². The molecule has 0 radical (unpaired) electrons. The van der Waals surface area contributed by atoms with Gasteiger partial charge in [0.05, 0.1) is 28.7 Å². The summed E-state index contributed by atoms with van der Waals surface area (Å²) >= 11 is 0. The van der Waals surface area contributed by atoms with E-state index in [4.69, 9.17) is 9.47 Å². The Morgan fingerprint density at radius 2 is 1.40 bits per heavy atom. The molecule has 0 aromatic heterocycles. The van der Waals surface area contributed by atoms with Crippen molar-refractivity contribution in [2.45, 2.75) is 37.9 Å². The van der Waals surface area contributed by atoms with Gasteiger partial charge in [-0.2, -0.15) is 26.3 Å². The summed E-state index contributed by atoms with van der Waals surface area (Å²) in [6.07, 6.45) is -11.3. The summed E-state index contributed by atoms with van der Waals surface area (Å²) in [5.74, 6) is -0.813. The van der Waals surface area contributed by atoms with Crippen LogP contribution in [-0.4, -0.2) is 18.9 Å². The Hall–Kier alpha value is -2.03. The molecule has 0 aliphatic carbocycles. The van der Waals surface area contributed by atoms with E-state index in [1.54, 1.807) is 0 Å². The topological polar surface area (TPSA) is 35.5 Å². The number of ether oxygens (including phenoxy) is 2. The average molecular weight is 368 g/mol. The Morgan fingerprint density at radius 3 is 1.80 bits per heavy atom. The normalized spacial score (nSPS) is 19.8. The van der Waals surface area contributed by atoms with E-state index in [0.29, 0.717) is 12.1 Å². The van der Waals surface area contributed by atoms with E-state index in [9.17, 15) is 31.1 Å². The Morgan fingerprint density at radius 1 is 0.960 bits per heavy atom. The summed E-state index contributed by atoms with van der Waals surface area (Å²) in [5.41, 5.74) is -4.67. The fourth-order valence-electron chi connectivity index (χ4n) is 2.27. The fraction of sp³-hybridized carbons (Fsp3) is 0.438. The van der Waals surface area contributed by atoms with Gasteiger partial charge >= 0.3 is 18.3 Å². The number of esters is 1. The first-order valence-electron chi connectivity index (χ1n) is 7.03. The van der Waals surface area contributed by atoms with Crippen LogP contribution in [0.4, 0.5) is 26.3 Å². The molecule has 1 fully saturated rings. The van der Waals surface area contributed by atoms with Crippen molar-refractivity contribution in [2.75, 3.05) is 6.61 Å². The van der Waals surface area contributed by atoms with Gasteiger partial charge in [0.25, 0.3) is 0 Å². The number of carbonyl (C=O) groups excluding carboxylic acids is 1. The third kappa shape index (κ3) is 3.97. The van der Waals surface area contributed by atoms with Crippen molar-refractivity contribution in [1.82, 2.24) is 0 Å². The highest BCUT2D eigenvalue weighted by Crippen LogP contribution is 2.41. The lowest BCUT2D eigenvalue weighted by atomic mass is 9.81. The van der Waals surface area contributed by atoms with E-state index in [0.717, 1.165) is 0 Å². The Balaban J connectivity index is 2.52. The van der Waals surface area contributed by atoms with Gasteiger partial charge in [0.15, 0.2) is 0 Å². The van der Waals surface area contributed by atoms with Crippen LogP contribution in [0.1, 0.15) is 30.5 Å². The van der Waals surface area contributed by atoms with E-state index in [-0.39, 0.29) is 23.8 Å². The molecule has 25 heavy (non-hydrogen) atoms. The van der Waals surface area contributed by atoms with E-state index in [1.165, 1.54) is 13.8 Å². The van der Waals surface area contributed by atoms with Crippen molar-refractivity contribution < 1.29 is 40.6 Å². The van der Waals surface area contributed by atoms with Gasteiger partial charge in [-0.25, -0.2) is 4.79 Å². The quantitative estimate of drug-likeness (QED) is 0.439. The van der Waals surface area contributed by atoms with Gasteiger partial charge in [0.2, 0.25) is 6.29 Å². The first kappa shape index (κ1) is 19.3. The van der Waals surface area contributed by atoms with Crippen LogP contribution in [-0.2, 0) is 32.0 Å². The summed E-state index contributed by atoms with van der Waals surface area (Å²) in [6, 6.07) is 1.22. The van der Waals surface area contributed by atoms with Crippen LogP contribution < -0.4 is 0 Å². The number of carbonyl (C=O) groups is 1. The Labute approximate surface area is 139 Å². The van der Waals surface area contributed by atoms with Crippen LogP contribution >= 0.6 is 0 Å². The van der Waals surface area contributed by atoms with Crippen molar-refractivity contribution in [3.63, 3.8) is 0 Å². The second-order valence-electron chi connectivity index (χ2n) is 6.17. The van der Waals surface area contributed by atoms with Crippen LogP contribution in [0.2, 0.25) is 0 Å². The maximum atomic E-state index is 13.0. The highest BCUT2D eigenvalue weighted by molar-refractivity contribution is 5.88. The van der Waals surface area contributed by atoms with Gasteiger partial charge in [0.1, 0.15) is 0 Å². The number of halogens is 6. The monoisotopic (exact) mass is 368 g/mol. The van der Waals surface area contributed by atoms with Gasteiger partial charge in [-0.1, -0.05) is 6.58 Å². The predicted molar refractivity (Wildman–Crippen MR) is 74.4 cm³/mol. The molecule has 1 aromatic rings. The molecule has 3 nitrogen and oxygen atoms in total. The van der Waals surface area contributed by atoms with Crippen molar-refractivity contribution in [2.24, 2.45) is 0 Å².